The monoisotopic (exact) mass is 351 g/mol. The first-order valence-electron chi connectivity index (χ1n) is 9.28. The van der Waals surface area contributed by atoms with Gasteiger partial charge < -0.3 is 14.2 Å². The third-order valence-electron chi connectivity index (χ3n) is 5.38. The normalized spacial score (nSPS) is 33.6. The molecule has 0 aromatic rings. The molecule has 0 radical (unpaired) electrons. The Kier molecular flexibility index (Phi) is 6.83. The summed E-state index contributed by atoms with van der Waals surface area (Å²) in [6, 6.07) is 1.97. The van der Waals surface area contributed by atoms with Crippen LogP contribution in [0.15, 0.2) is 0 Å². The van der Waals surface area contributed by atoms with Gasteiger partial charge in [0, 0.05) is 0 Å². The minimum absolute atomic E-state index is 0.0102. The maximum atomic E-state index is 12.1. The molecule has 2 rings (SSSR count). The minimum Gasteiger partial charge on any atom is -0.465 e. The van der Waals surface area contributed by atoms with E-state index in [1.165, 1.54) is 6.42 Å². The van der Waals surface area contributed by atoms with E-state index >= 15 is 0 Å². The highest BCUT2D eigenvalue weighted by Crippen LogP contribution is 2.39. The van der Waals surface area contributed by atoms with Gasteiger partial charge >= 0.3 is 11.9 Å². The van der Waals surface area contributed by atoms with Gasteiger partial charge in [-0.25, -0.2) is 0 Å². The van der Waals surface area contributed by atoms with Crippen LogP contribution in [0.4, 0.5) is 0 Å². The second kappa shape index (κ2) is 8.66. The van der Waals surface area contributed by atoms with Gasteiger partial charge in [-0.1, -0.05) is 27.2 Å². The van der Waals surface area contributed by atoms with Gasteiger partial charge in [-0.15, -0.1) is 0 Å². The number of ether oxygens (including phenoxy) is 3. The van der Waals surface area contributed by atoms with Crippen molar-refractivity contribution < 1.29 is 23.8 Å². The van der Waals surface area contributed by atoms with E-state index in [4.69, 9.17) is 14.2 Å². The number of carbonyl (C=O) groups is 2. The molecule has 1 heterocycles. The zero-order valence-corrected chi connectivity index (χ0v) is 15.6. The van der Waals surface area contributed by atoms with Gasteiger partial charge in [-0.05, 0) is 37.5 Å². The molecule has 6 atom stereocenters. The summed E-state index contributed by atoms with van der Waals surface area (Å²) < 4.78 is 16.5. The van der Waals surface area contributed by atoms with Crippen LogP contribution >= 0.6 is 0 Å². The fourth-order valence-electron chi connectivity index (χ4n) is 3.96. The van der Waals surface area contributed by atoms with E-state index in [0.717, 1.165) is 12.8 Å². The van der Waals surface area contributed by atoms with Crippen molar-refractivity contribution in [2.75, 3.05) is 6.61 Å². The summed E-state index contributed by atoms with van der Waals surface area (Å²) in [4.78, 5) is 23.9. The van der Waals surface area contributed by atoms with E-state index < -0.39 is 30.1 Å². The van der Waals surface area contributed by atoms with Crippen LogP contribution in [0.25, 0.3) is 0 Å². The van der Waals surface area contributed by atoms with E-state index in [1.807, 2.05) is 6.07 Å². The van der Waals surface area contributed by atoms with Crippen LogP contribution in [0.5, 0.6) is 0 Å². The lowest BCUT2D eigenvalue weighted by Crippen LogP contribution is -2.40. The molecular weight excluding hydrogens is 322 g/mol. The molecule has 1 saturated heterocycles. The minimum atomic E-state index is -1.05. The van der Waals surface area contributed by atoms with Crippen LogP contribution in [0.2, 0.25) is 0 Å². The Morgan fingerprint density at radius 2 is 2.08 bits per heavy atom. The number of nitrogens with zero attached hydrogens (tertiary/aromatic N) is 1. The number of cyclic esters (lactones) is 1. The average Bonchev–Trinajstić information content (AvgIpc) is 2.88. The standard InChI is InChI=1S/C19H29NO5/c1-5-23-18(22)15(10-20)14-9-17(21)25-19(14)24-16-8-12(4)6-7-13(16)11(2)3/h11-16,19H,5-9H2,1-4H3/t12-,13+,14+,15-,16-,19-/m1/s1. The lowest BCUT2D eigenvalue weighted by Gasteiger charge is -2.39. The highest BCUT2D eigenvalue weighted by atomic mass is 16.7. The SMILES string of the molecule is CCOC(=O)[C@H](C#N)[C@@H]1CC(=O)O[C@H]1O[C@@H]1C[C@H](C)CC[C@H]1C(C)C. The van der Waals surface area contributed by atoms with Crippen LogP contribution < -0.4 is 0 Å². The first kappa shape index (κ1) is 19.7. The van der Waals surface area contributed by atoms with E-state index in [0.29, 0.717) is 17.8 Å². The largest absolute Gasteiger partial charge is 0.465 e. The molecule has 1 aliphatic heterocycles. The maximum Gasteiger partial charge on any atom is 0.323 e. The van der Waals surface area contributed by atoms with E-state index in [1.54, 1.807) is 6.92 Å². The molecule has 0 bridgehead atoms. The summed E-state index contributed by atoms with van der Waals surface area (Å²) in [5.74, 6) is -1.29. The van der Waals surface area contributed by atoms with Crippen LogP contribution in [-0.4, -0.2) is 30.9 Å². The van der Waals surface area contributed by atoms with Gasteiger partial charge in [-0.2, -0.15) is 5.26 Å². The number of esters is 2. The summed E-state index contributed by atoms with van der Waals surface area (Å²) in [6.45, 7) is 8.42. The smallest absolute Gasteiger partial charge is 0.323 e. The molecule has 2 fully saturated rings. The Labute approximate surface area is 149 Å². The lowest BCUT2D eigenvalue weighted by molar-refractivity contribution is -0.201. The van der Waals surface area contributed by atoms with Crippen LogP contribution in [0.3, 0.4) is 0 Å². The van der Waals surface area contributed by atoms with Crippen molar-refractivity contribution in [1.29, 1.82) is 5.26 Å². The highest BCUT2D eigenvalue weighted by molar-refractivity contribution is 5.79. The number of hydrogen-bond donors (Lipinski definition) is 0. The van der Waals surface area contributed by atoms with Crippen molar-refractivity contribution in [1.82, 2.24) is 0 Å². The maximum absolute atomic E-state index is 12.1. The second-order valence-electron chi connectivity index (χ2n) is 7.59. The van der Waals surface area contributed by atoms with Crippen molar-refractivity contribution in [2.24, 2.45) is 29.6 Å². The molecule has 2 aliphatic rings. The van der Waals surface area contributed by atoms with Crippen molar-refractivity contribution in [3.05, 3.63) is 0 Å². The third-order valence-corrected chi connectivity index (χ3v) is 5.38. The number of nitriles is 1. The van der Waals surface area contributed by atoms with Gasteiger partial charge in [0.25, 0.3) is 0 Å². The lowest BCUT2D eigenvalue weighted by atomic mass is 9.75. The summed E-state index contributed by atoms with van der Waals surface area (Å²) in [7, 11) is 0. The zero-order valence-electron chi connectivity index (χ0n) is 15.6. The van der Waals surface area contributed by atoms with Crippen molar-refractivity contribution >= 4 is 11.9 Å². The number of rotatable bonds is 6. The third kappa shape index (κ3) is 4.72. The summed E-state index contributed by atoms with van der Waals surface area (Å²) in [5, 5.41) is 9.40. The quantitative estimate of drug-likeness (QED) is 0.684. The van der Waals surface area contributed by atoms with Crippen LogP contribution in [0.1, 0.15) is 53.4 Å². The predicted molar refractivity (Wildman–Crippen MR) is 89.9 cm³/mol. The molecule has 140 valence electrons. The predicted octanol–water partition coefficient (Wildman–Crippen LogP) is 3.06. The molecule has 1 saturated carbocycles. The van der Waals surface area contributed by atoms with E-state index in [-0.39, 0.29) is 19.1 Å². The summed E-state index contributed by atoms with van der Waals surface area (Å²) in [6.07, 6.45) is 2.28. The average molecular weight is 351 g/mol. The second-order valence-corrected chi connectivity index (χ2v) is 7.59. The fourth-order valence-corrected chi connectivity index (χ4v) is 3.96. The zero-order chi connectivity index (χ0) is 18.6. The molecule has 25 heavy (non-hydrogen) atoms. The van der Waals surface area contributed by atoms with Gasteiger partial charge in [-0.3, -0.25) is 9.59 Å². The van der Waals surface area contributed by atoms with Crippen LogP contribution in [0, 0.1) is 40.9 Å². The molecule has 0 aromatic carbocycles. The molecule has 0 aromatic heterocycles. The van der Waals surface area contributed by atoms with Gasteiger partial charge in [0.1, 0.15) is 0 Å². The van der Waals surface area contributed by atoms with Crippen molar-refractivity contribution in [2.45, 2.75) is 65.8 Å². The van der Waals surface area contributed by atoms with Crippen molar-refractivity contribution in [3.8, 4) is 6.07 Å². The molecule has 0 N–H and O–H groups in total. The van der Waals surface area contributed by atoms with Gasteiger partial charge in [0.15, 0.2) is 5.92 Å². The Bertz CT molecular complexity index is 526. The van der Waals surface area contributed by atoms with Gasteiger partial charge in [0.05, 0.1) is 31.1 Å². The topological polar surface area (TPSA) is 85.6 Å². The molecule has 1 aliphatic carbocycles. The molecule has 6 nitrogen and oxygen atoms in total. The Morgan fingerprint density at radius 1 is 1.36 bits per heavy atom. The fraction of sp³-hybridized carbons (Fsp3) is 0.842. The molecule has 6 heteroatoms. The number of carbonyl (C=O) groups excluding carboxylic acids is 2. The number of hydrogen-bond acceptors (Lipinski definition) is 6. The molecule has 0 unspecified atom stereocenters. The molecule has 0 spiro atoms. The van der Waals surface area contributed by atoms with Gasteiger partial charge in [0.2, 0.25) is 6.29 Å². The Hall–Kier alpha value is -1.61. The van der Waals surface area contributed by atoms with E-state index in [9.17, 15) is 14.9 Å². The summed E-state index contributed by atoms with van der Waals surface area (Å²) >= 11 is 0. The van der Waals surface area contributed by atoms with Crippen LogP contribution in [-0.2, 0) is 23.8 Å². The van der Waals surface area contributed by atoms with E-state index in [2.05, 4.69) is 20.8 Å². The molecular formula is C19H29NO5. The Morgan fingerprint density at radius 3 is 2.68 bits per heavy atom. The Balaban J connectivity index is 2.13. The molecule has 0 amide bonds. The first-order valence-corrected chi connectivity index (χ1v) is 9.28. The highest BCUT2D eigenvalue weighted by Gasteiger charge is 2.47. The summed E-state index contributed by atoms with van der Waals surface area (Å²) in [5.41, 5.74) is 0. The first-order chi connectivity index (χ1) is 11.9. The van der Waals surface area contributed by atoms with Crippen molar-refractivity contribution in [3.63, 3.8) is 0 Å².